The van der Waals surface area contributed by atoms with Crippen molar-refractivity contribution in [3.63, 3.8) is 0 Å². The molecule has 0 radical (unpaired) electrons. The molecule has 1 fully saturated rings. The Morgan fingerprint density at radius 2 is 1.16 bits per heavy atom. The summed E-state index contributed by atoms with van der Waals surface area (Å²) >= 11 is 0. The lowest BCUT2D eigenvalue weighted by molar-refractivity contribution is 0.227. The number of phenolic OH excluding ortho intramolecular Hbond substituents is 3. The quantitative estimate of drug-likeness (QED) is 0.370. The molecular formula is C29H34O3. The summed E-state index contributed by atoms with van der Waals surface area (Å²) in [5.74, 6) is 2.01. The Hall–Kier alpha value is -2.94. The summed E-state index contributed by atoms with van der Waals surface area (Å²) in [6.45, 7) is 2.25. The maximum atomic E-state index is 9.84. The summed E-state index contributed by atoms with van der Waals surface area (Å²) < 4.78 is 0. The summed E-state index contributed by atoms with van der Waals surface area (Å²) in [4.78, 5) is 0. The van der Waals surface area contributed by atoms with Gasteiger partial charge in [0.25, 0.3) is 0 Å². The normalized spacial score (nSPS) is 17.2. The van der Waals surface area contributed by atoms with E-state index < -0.39 is 0 Å². The predicted octanol–water partition coefficient (Wildman–Crippen LogP) is 7.25. The van der Waals surface area contributed by atoms with E-state index in [-0.39, 0.29) is 16.9 Å². The summed E-state index contributed by atoms with van der Waals surface area (Å²) in [6, 6.07) is 23.2. The number of unbranched alkanes of at least 4 members (excludes halogenated alkanes) is 1. The Morgan fingerprint density at radius 1 is 0.719 bits per heavy atom. The van der Waals surface area contributed by atoms with Crippen LogP contribution in [-0.2, 0) is 5.41 Å². The zero-order valence-corrected chi connectivity index (χ0v) is 18.9. The molecule has 0 amide bonds. The van der Waals surface area contributed by atoms with Gasteiger partial charge in [0, 0.05) is 5.41 Å². The maximum absolute atomic E-state index is 9.84. The fourth-order valence-electron chi connectivity index (χ4n) is 5.66. The van der Waals surface area contributed by atoms with E-state index in [1.807, 2.05) is 12.1 Å². The average molecular weight is 431 g/mol. The minimum Gasteiger partial charge on any atom is -0.508 e. The second-order valence-corrected chi connectivity index (χ2v) is 9.35. The second-order valence-electron chi connectivity index (χ2n) is 9.35. The molecule has 168 valence electrons. The number of benzene rings is 3. The van der Waals surface area contributed by atoms with Crippen molar-refractivity contribution in [1.29, 1.82) is 0 Å². The molecule has 3 aromatic rings. The summed E-state index contributed by atoms with van der Waals surface area (Å²) in [6.07, 6.45) is 7.89. The van der Waals surface area contributed by atoms with Gasteiger partial charge in [-0.05, 0) is 97.0 Å². The molecule has 1 atom stereocenters. The number of hydrogen-bond acceptors (Lipinski definition) is 3. The van der Waals surface area contributed by atoms with E-state index in [1.54, 1.807) is 24.3 Å². The van der Waals surface area contributed by atoms with Gasteiger partial charge in [-0.25, -0.2) is 0 Å². The van der Waals surface area contributed by atoms with Crippen molar-refractivity contribution in [3.05, 3.63) is 89.5 Å². The molecule has 32 heavy (non-hydrogen) atoms. The third-order valence-corrected chi connectivity index (χ3v) is 7.48. The minimum atomic E-state index is -0.109. The van der Waals surface area contributed by atoms with Crippen LogP contribution in [0, 0.1) is 5.92 Å². The highest BCUT2D eigenvalue weighted by molar-refractivity contribution is 5.43. The summed E-state index contributed by atoms with van der Waals surface area (Å²) in [5.41, 5.74) is 3.69. The highest BCUT2D eigenvalue weighted by Crippen LogP contribution is 2.50. The van der Waals surface area contributed by atoms with Gasteiger partial charge in [-0.2, -0.15) is 0 Å². The van der Waals surface area contributed by atoms with E-state index in [0.717, 1.165) is 25.7 Å². The molecule has 1 saturated carbocycles. The molecule has 3 heteroatoms. The van der Waals surface area contributed by atoms with Crippen LogP contribution in [0.25, 0.3) is 0 Å². The van der Waals surface area contributed by atoms with Crippen LogP contribution < -0.4 is 0 Å². The molecule has 1 unspecified atom stereocenters. The molecule has 0 bridgehead atoms. The Kier molecular flexibility index (Phi) is 6.74. The van der Waals surface area contributed by atoms with Crippen LogP contribution in [0.3, 0.4) is 0 Å². The Balaban J connectivity index is 1.63. The van der Waals surface area contributed by atoms with Gasteiger partial charge in [0.2, 0.25) is 0 Å². The van der Waals surface area contributed by atoms with Gasteiger partial charge in [0.05, 0.1) is 0 Å². The van der Waals surface area contributed by atoms with Gasteiger partial charge in [0.1, 0.15) is 17.2 Å². The first kappa shape index (κ1) is 22.3. The van der Waals surface area contributed by atoms with Crippen molar-refractivity contribution < 1.29 is 15.3 Å². The second kappa shape index (κ2) is 9.68. The van der Waals surface area contributed by atoms with Gasteiger partial charge in [-0.3, -0.25) is 0 Å². The van der Waals surface area contributed by atoms with Gasteiger partial charge < -0.3 is 15.3 Å². The van der Waals surface area contributed by atoms with Gasteiger partial charge >= 0.3 is 0 Å². The van der Waals surface area contributed by atoms with Gasteiger partial charge in [-0.1, -0.05) is 56.2 Å². The number of aromatic hydroxyl groups is 3. The monoisotopic (exact) mass is 430 g/mol. The van der Waals surface area contributed by atoms with Crippen molar-refractivity contribution in [2.24, 2.45) is 5.92 Å². The van der Waals surface area contributed by atoms with Crippen molar-refractivity contribution in [3.8, 4) is 17.2 Å². The first-order valence-electron chi connectivity index (χ1n) is 11.9. The highest BCUT2D eigenvalue weighted by atomic mass is 16.3. The summed E-state index contributed by atoms with van der Waals surface area (Å²) in [5, 5.41) is 29.4. The van der Waals surface area contributed by atoms with E-state index >= 15 is 0 Å². The number of rotatable bonds is 7. The molecular weight excluding hydrogens is 396 g/mol. The highest BCUT2D eigenvalue weighted by Gasteiger charge is 2.40. The lowest BCUT2D eigenvalue weighted by Gasteiger charge is -2.43. The van der Waals surface area contributed by atoms with E-state index in [9.17, 15) is 15.3 Å². The third-order valence-electron chi connectivity index (χ3n) is 7.48. The van der Waals surface area contributed by atoms with E-state index in [1.165, 1.54) is 36.0 Å². The first-order chi connectivity index (χ1) is 15.5. The molecule has 0 heterocycles. The summed E-state index contributed by atoms with van der Waals surface area (Å²) in [7, 11) is 0. The average Bonchev–Trinajstić information content (AvgIpc) is 2.82. The minimum absolute atomic E-state index is 0.109. The number of hydrogen-bond donors (Lipinski definition) is 3. The van der Waals surface area contributed by atoms with Crippen LogP contribution in [0.2, 0.25) is 0 Å². The molecule has 0 aromatic heterocycles. The van der Waals surface area contributed by atoms with Gasteiger partial charge in [-0.15, -0.1) is 0 Å². The largest absolute Gasteiger partial charge is 0.508 e. The SMILES string of the molecule is CCCCC(c1ccc(O)cc1)C1CCC(c2ccc(O)cc2)(c2ccc(O)cc2)CC1. The molecule has 3 nitrogen and oxygen atoms in total. The topological polar surface area (TPSA) is 60.7 Å². The number of phenols is 3. The zero-order chi connectivity index (χ0) is 22.6. The molecule has 3 N–H and O–H groups in total. The fraction of sp³-hybridized carbons (Fsp3) is 0.379. The molecule has 0 saturated heterocycles. The van der Waals surface area contributed by atoms with E-state index in [0.29, 0.717) is 17.6 Å². The smallest absolute Gasteiger partial charge is 0.115 e. The van der Waals surface area contributed by atoms with Crippen molar-refractivity contribution in [1.82, 2.24) is 0 Å². The Labute approximate surface area is 191 Å². The Bertz CT molecular complexity index is 935. The van der Waals surface area contributed by atoms with Gasteiger partial charge in [0.15, 0.2) is 0 Å². The van der Waals surface area contributed by atoms with Crippen LogP contribution >= 0.6 is 0 Å². The molecule has 1 aliphatic carbocycles. The maximum Gasteiger partial charge on any atom is 0.115 e. The molecule has 1 aliphatic rings. The van der Waals surface area contributed by atoms with E-state index in [4.69, 9.17) is 0 Å². The zero-order valence-electron chi connectivity index (χ0n) is 18.9. The van der Waals surface area contributed by atoms with Crippen LogP contribution in [-0.4, -0.2) is 15.3 Å². The molecule has 0 aliphatic heterocycles. The van der Waals surface area contributed by atoms with Crippen LogP contribution in [0.4, 0.5) is 0 Å². The standard InChI is InChI=1S/C29H34O3/c1-2-3-4-28(21-5-11-25(30)12-6-21)22-17-19-29(20-18-22,23-7-13-26(31)14-8-23)24-9-15-27(32)16-10-24/h5-16,22,28,30-32H,2-4,17-20H2,1H3. The van der Waals surface area contributed by atoms with Crippen molar-refractivity contribution >= 4 is 0 Å². The lowest BCUT2D eigenvalue weighted by atomic mass is 9.60. The van der Waals surface area contributed by atoms with E-state index in [2.05, 4.69) is 43.3 Å². The molecule has 4 rings (SSSR count). The molecule has 0 spiro atoms. The molecule has 3 aromatic carbocycles. The van der Waals surface area contributed by atoms with Crippen LogP contribution in [0.1, 0.15) is 74.5 Å². The van der Waals surface area contributed by atoms with Crippen molar-refractivity contribution in [2.75, 3.05) is 0 Å². The first-order valence-corrected chi connectivity index (χ1v) is 11.9. The fourth-order valence-corrected chi connectivity index (χ4v) is 5.66. The Morgan fingerprint density at radius 3 is 1.59 bits per heavy atom. The lowest BCUT2D eigenvalue weighted by Crippen LogP contribution is -2.34. The van der Waals surface area contributed by atoms with Crippen LogP contribution in [0.5, 0.6) is 17.2 Å². The predicted molar refractivity (Wildman–Crippen MR) is 129 cm³/mol. The third kappa shape index (κ3) is 4.62. The van der Waals surface area contributed by atoms with Crippen LogP contribution in [0.15, 0.2) is 72.8 Å². The van der Waals surface area contributed by atoms with Crippen molar-refractivity contribution in [2.45, 2.75) is 63.2 Å².